The van der Waals surface area contributed by atoms with E-state index in [9.17, 15) is 4.79 Å². The summed E-state index contributed by atoms with van der Waals surface area (Å²) in [6, 6.07) is 0.346. The van der Waals surface area contributed by atoms with Crippen LogP contribution in [0, 0.1) is 0 Å². The standard InChI is InChI=1S/C19H32N4O2/c1-19(2,3)25-18(24)23-12-6-7-15(13-23)20-10-9-16-14-22-11-5-4-8-17(22)21-16/h14-15,20H,4-13H2,1-3H3/t15-/m0/s1. The molecule has 0 radical (unpaired) electrons. The van der Waals surface area contributed by atoms with E-state index in [1.54, 1.807) is 0 Å². The van der Waals surface area contributed by atoms with Gasteiger partial charge in [0.2, 0.25) is 0 Å². The van der Waals surface area contributed by atoms with Gasteiger partial charge in [0.25, 0.3) is 0 Å². The first-order valence-electron chi connectivity index (χ1n) is 9.67. The Labute approximate surface area is 150 Å². The molecule has 2 aliphatic rings. The molecular formula is C19H32N4O2. The highest BCUT2D eigenvalue weighted by molar-refractivity contribution is 5.68. The van der Waals surface area contributed by atoms with Gasteiger partial charge in [-0.1, -0.05) is 0 Å². The van der Waals surface area contributed by atoms with Crippen LogP contribution in [0.15, 0.2) is 6.20 Å². The number of nitrogens with one attached hydrogen (secondary N) is 1. The van der Waals surface area contributed by atoms with Crippen LogP contribution in [0.1, 0.15) is 58.0 Å². The number of aryl methyl sites for hydroxylation is 2. The third-order valence-electron chi connectivity index (χ3n) is 4.85. The number of carbonyl (C=O) groups is 1. The first-order chi connectivity index (χ1) is 11.9. The summed E-state index contributed by atoms with van der Waals surface area (Å²) in [5, 5.41) is 3.60. The zero-order valence-electron chi connectivity index (χ0n) is 15.9. The molecule has 25 heavy (non-hydrogen) atoms. The van der Waals surface area contributed by atoms with Gasteiger partial charge in [-0.05, 0) is 46.5 Å². The quantitative estimate of drug-likeness (QED) is 0.909. The molecule has 3 rings (SSSR count). The average Bonchev–Trinajstić information content (AvgIpc) is 2.96. The Morgan fingerprint density at radius 2 is 2.16 bits per heavy atom. The minimum Gasteiger partial charge on any atom is -0.444 e. The van der Waals surface area contributed by atoms with Gasteiger partial charge >= 0.3 is 6.09 Å². The highest BCUT2D eigenvalue weighted by atomic mass is 16.6. The van der Waals surface area contributed by atoms with E-state index < -0.39 is 5.60 Å². The lowest BCUT2D eigenvalue weighted by Gasteiger charge is -2.34. The molecule has 2 aliphatic heterocycles. The molecule has 6 nitrogen and oxygen atoms in total. The van der Waals surface area contributed by atoms with Crippen molar-refractivity contribution < 1.29 is 9.53 Å². The fourth-order valence-electron chi connectivity index (χ4n) is 3.63. The van der Waals surface area contributed by atoms with Gasteiger partial charge in [0, 0.05) is 51.3 Å². The number of likely N-dealkylation sites (tertiary alicyclic amines) is 1. The summed E-state index contributed by atoms with van der Waals surface area (Å²) in [6.07, 6.45) is 8.74. The highest BCUT2D eigenvalue weighted by Crippen LogP contribution is 2.16. The number of ether oxygens (including phenoxy) is 1. The van der Waals surface area contributed by atoms with Crippen molar-refractivity contribution in [2.45, 2.75) is 77.5 Å². The molecule has 0 spiro atoms. The molecule has 0 aliphatic carbocycles. The first kappa shape index (κ1) is 18.2. The van der Waals surface area contributed by atoms with Crippen LogP contribution >= 0.6 is 0 Å². The zero-order valence-corrected chi connectivity index (χ0v) is 15.9. The largest absolute Gasteiger partial charge is 0.444 e. The van der Waals surface area contributed by atoms with Crippen LogP contribution in [0.2, 0.25) is 0 Å². The van der Waals surface area contributed by atoms with Gasteiger partial charge in [0.15, 0.2) is 0 Å². The number of piperidine rings is 1. The fourth-order valence-corrected chi connectivity index (χ4v) is 3.63. The van der Waals surface area contributed by atoms with Crippen molar-refractivity contribution in [3.63, 3.8) is 0 Å². The van der Waals surface area contributed by atoms with Gasteiger partial charge in [0.05, 0.1) is 5.69 Å². The third kappa shape index (κ3) is 5.21. The molecule has 1 aromatic heterocycles. The van der Waals surface area contributed by atoms with E-state index in [4.69, 9.17) is 9.72 Å². The van der Waals surface area contributed by atoms with E-state index >= 15 is 0 Å². The Morgan fingerprint density at radius 1 is 1.32 bits per heavy atom. The van der Waals surface area contributed by atoms with Crippen molar-refractivity contribution in [2.75, 3.05) is 19.6 Å². The van der Waals surface area contributed by atoms with Crippen molar-refractivity contribution in [3.8, 4) is 0 Å². The van der Waals surface area contributed by atoms with Crippen LogP contribution < -0.4 is 5.32 Å². The minimum atomic E-state index is -0.433. The van der Waals surface area contributed by atoms with Crippen molar-refractivity contribution in [1.29, 1.82) is 0 Å². The number of amides is 1. The maximum absolute atomic E-state index is 12.2. The number of fused-ring (bicyclic) bond motifs is 1. The Morgan fingerprint density at radius 3 is 2.92 bits per heavy atom. The van der Waals surface area contributed by atoms with E-state index in [0.717, 1.165) is 51.9 Å². The summed E-state index contributed by atoms with van der Waals surface area (Å²) in [7, 11) is 0. The number of nitrogens with zero attached hydrogens (tertiary/aromatic N) is 3. The fraction of sp³-hybridized carbons (Fsp3) is 0.789. The zero-order chi connectivity index (χ0) is 17.9. The van der Waals surface area contributed by atoms with Crippen LogP contribution in [0.3, 0.4) is 0 Å². The Kier molecular flexibility index (Phi) is 5.67. The van der Waals surface area contributed by atoms with Crippen molar-refractivity contribution in [1.82, 2.24) is 19.8 Å². The van der Waals surface area contributed by atoms with Crippen LogP contribution in [-0.2, 0) is 24.1 Å². The van der Waals surface area contributed by atoms with Crippen LogP contribution in [-0.4, -0.2) is 51.8 Å². The summed E-state index contributed by atoms with van der Waals surface area (Å²) >= 11 is 0. The molecule has 3 heterocycles. The second kappa shape index (κ2) is 7.77. The second-order valence-corrected chi connectivity index (χ2v) is 8.27. The molecule has 1 aromatic rings. The van der Waals surface area contributed by atoms with Gasteiger partial charge in [-0.2, -0.15) is 0 Å². The maximum atomic E-state index is 12.2. The highest BCUT2D eigenvalue weighted by Gasteiger charge is 2.27. The summed E-state index contributed by atoms with van der Waals surface area (Å²) < 4.78 is 7.80. The van der Waals surface area contributed by atoms with Gasteiger partial charge in [0.1, 0.15) is 11.4 Å². The van der Waals surface area contributed by atoms with E-state index in [1.807, 2.05) is 25.7 Å². The number of hydrogen-bond acceptors (Lipinski definition) is 4. The summed E-state index contributed by atoms with van der Waals surface area (Å²) in [4.78, 5) is 18.8. The molecule has 1 saturated heterocycles. The van der Waals surface area contributed by atoms with Crippen molar-refractivity contribution >= 4 is 6.09 Å². The topological polar surface area (TPSA) is 59.4 Å². The Bertz CT molecular complexity index is 567. The van der Waals surface area contributed by atoms with E-state index in [1.165, 1.54) is 24.4 Å². The molecule has 1 fully saturated rings. The number of carbonyl (C=O) groups excluding carboxylic acids is 1. The molecule has 6 heteroatoms. The molecule has 1 N–H and O–H groups in total. The lowest BCUT2D eigenvalue weighted by atomic mass is 10.1. The van der Waals surface area contributed by atoms with E-state index in [-0.39, 0.29) is 6.09 Å². The normalized spacial score (nSPS) is 21.1. The average molecular weight is 348 g/mol. The maximum Gasteiger partial charge on any atom is 0.410 e. The number of hydrogen-bond donors (Lipinski definition) is 1. The van der Waals surface area contributed by atoms with Crippen LogP contribution in [0.25, 0.3) is 0 Å². The van der Waals surface area contributed by atoms with Gasteiger partial charge < -0.3 is 19.5 Å². The van der Waals surface area contributed by atoms with Gasteiger partial charge in [-0.3, -0.25) is 0 Å². The molecule has 0 bridgehead atoms. The minimum absolute atomic E-state index is 0.194. The lowest BCUT2D eigenvalue weighted by Crippen LogP contribution is -2.49. The first-order valence-corrected chi connectivity index (χ1v) is 9.67. The lowest BCUT2D eigenvalue weighted by molar-refractivity contribution is 0.0188. The Balaban J connectivity index is 1.43. The number of imidazole rings is 1. The van der Waals surface area contributed by atoms with Gasteiger partial charge in [-0.15, -0.1) is 0 Å². The summed E-state index contributed by atoms with van der Waals surface area (Å²) in [6.45, 7) is 9.28. The molecule has 1 amide bonds. The van der Waals surface area contributed by atoms with Crippen LogP contribution in [0.4, 0.5) is 4.79 Å². The summed E-state index contributed by atoms with van der Waals surface area (Å²) in [5.41, 5.74) is 0.752. The van der Waals surface area contributed by atoms with Gasteiger partial charge in [-0.25, -0.2) is 9.78 Å². The SMILES string of the molecule is CC(C)(C)OC(=O)N1CCC[C@H](NCCc2cn3c(n2)CCCC3)C1. The summed E-state index contributed by atoms with van der Waals surface area (Å²) in [5.74, 6) is 1.25. The predicted octanol–water partition coefficient (Wildman–Crippen LogP) is 2.75. The molecule has 140 valence electrons. The Hall–Kier alpha value is -1.56. The molecule has 1 atom stereocenters. The number of aromatic nitrogens is 2. The molecule has 0 saturated carbocycles. The predicted molar refractivity (Wildman–Crippen MR) is 97.7 cm³/mol. The monoisotopic (exact) mass is 348 g/mol. The van der Waals surface area contributed by atoms with E-state index in [2.05, 4.69) is 16.1 Å². The second-order valence-electron chi connectivity index (χ2n) is 8.27. The molecular weight excluding hydrogens is 316 g/mol. The van der Waals surface area contributed by atoms with Crippen LogP contribution in [0.5, 0.6) is 0 Å². The molecule has 0 aromatic carbocycles. The third-order valence-corrected chi connectivity index (χ3v) is 4.85. The number of rotatable bonds is 4. The smallest absolute Gasteiger partial charge is 0.410 e. The van der Waals surface area contributed by atoms with Crippen molar-refractivity contribution in [2.24, 2.45) is 0 Å². The van der Waals surface area contributed by atoms with E-state index in [0.29, 0.717) is 6.04 Å². The van der Waals surface area contributed by atoms with Crippen molar-refractivity contribution in [3.05, 3.63) is 17.7 Å². The molecule has 0 unspecified atom stereocenters.